The van der Waals surface area contributed by atoms with Crippen LogP contribution in [0.1, 0.15) is 29.3 Å². The molecule has 0 bridgehead atoms. The number of hydrogen-bond acceptors (Lipinski definition) is 3. The molecular weight excluding hydrogens is 308 g/mol. The maximum Gasteiger partial charge on any atom is 0.320 e. The molecule has 1 N–H and O–H groups in total. The molecule has 6 heteroatoms. The molecule has 3 rings (SSSR count). The van der Waals surface area contributed by atoms with Gasteiger partial charge in [0.25, 0.3) is 0 Å². The largest absolute Gasteiger partial charge is 0.480 e. The predicted octanol–water partition coefficient (Wildman–Crippen LogP) is 3.66. The number of halogens is 2. The first-order valence-electron chi connectivity index (χ1n) is 7.05. The predicted molar refractivity (Wildman–Crippen MR) is 79.9 cm³/mol. The first kappa shape index (κ1) is 15.1. The molecule has 0 amide bonds. The van der Waals surface area contributed by atoms with Gasteiger partial charge in [0.2, 0.25) is 0 Å². The molecule has 3 nitrogen and oxygen atoms in total. The number of likely N-dealkylation sites (tertiary alicyclic amines) is 1. The van der Waals surface area contributed by atoms with Crippen LogP contribution in [0.4, 0.5) is 8.78 Å². The molecule has 1 aliphatic heterocycles. The van der Waals surface area contributed by atoms with Crippen LogP contribution in [0.5, 0.6) is 0 Å². The van der Waals surface area contributed by atoms with Crippen LogP contribution in [-0.2, 0) is 4.79 Å². The molecule has 1 fully saturated rings. The summed E-state index contributed by atoms with van der Waals surface area (Å²) in [7, 11) is 0. The van der Waals surface area contributed by atoms with Crippen LogP contribution in [0.2, 0.25) is 0 Å². The minimum absolute atomic E-state index is 0.317. The van der Waals surface area contributed by atoms with Crippen molar-refractivity contribution < 1.29 is 18.7 Å². The van der Waals surface area contributed by atoms with Gasteiger partial charge in [-0.05, 0) is 30.4 Å². The van der Waals surface area contributed by atoms with E-state index in [9.17, 15) is 18.7 Å². The SMILES string of the molecule is O=C(O)C1CCCN1C(c1cccs1)c1ccc(F)cc1F. The highest BCUT2D eigenvalue weighted by atomic mass is 32.1. The normalized spacial score (nSPS) is 20.2. The average Bonchev–Trinajstić information content (AvgIpc) is 3.13. The lowest BCUT2D eigenvalue weighted by Gasteiger charge is -2.31. The van der Waals surface area contributed by atoms with Crippen molar-refractivity contribution in [3.8, 4) is 0 Å². The molecule has 22 heavy (non-hydrogen) atoms. The van der Waals surface area contributed by atoms with Crippen LogP contribution in [0, 0.1) is 11.6 Å². The number of rotatable bonds is 4. The summed E-state index contributed by atoms with van der Waals surface area (Å²) in [6.45, 7) is 0.580. The van der Waals surface area contributed by atoms with Gasteiger partial charge in [0.05, 0.1) is 6.04 Å². The van der Waals surface area contributed by atoms with Crippen molar-refractivity contribution in [3.05, 3.63) is 57.8 Å². The van der Waals surface area contributed by atoms with Gasteiger partial charge in [-0.2, -0.15) is 0 Å². The van der Waals surface area contributed by atoms with E-state index in [2.05, 4.69) is 0 Å². The van der Waals surface area contributed by atoms with Gasteiger partial charge in [-0.15, -0.1) is 11.3 Å². The number of hydrogen-bond donors (Lipinski definition) is 1. The summed E-state index contributed by atoms with van der Waals surface area (Å²) in [5.74, 6) is -2.18. The molecule has 116 valence electrons. The van der Waals surface area contributed by atoms with Crippen molar-refractivity contribution in [1.82, 2.24) is 4.90 Å². The van der Waals surface area contributed by atoms with Crippen molar-refractivity contribution in [3.63, 3.8) is 0 Å². The second-order valence-electron chi connectivity index (χ2n) is 5.32. The Morgan fingerprint density at radius 3 is 2.82 bits per heavy atom. The van der Waals surface area contributed by atoms with Gasteiger partial charge >= 0.3 is 5.97 Å². The molecular formula is C16H15F2NO2S. The Kier molecular flexibility index (Phi) is 4.22. The molecule has 2 aromatic rings. The summed E-state index contributed by atoms with van der Waals surface area (Å²) in [5.41, 5.74) is 0.317. The Balaban J connectivity index is 2.07. The number of carboxylic acid groups (broad SMARTS) is 1. The lowest BCUT2D eigenvalue weighted by Crippen LogP contribution is -2.39. The van der Waals surface area contributed by atoms with Gasteiger partial charge in [-0.25, -0.2) is 8.78 Å². The molecule has 1 aromatic heterocycles. The average molecular weight is 323 g/mol. The van der Waals surface area contributed by atoms with Crippen LogP contribution in [0.3, 0.4) is 0 Å². The molecule has 0 radical (unpaired) electrons. The third-order valence-electron chi connectivity index (χ3n) is 3.98. The van der Waals surface area contributed by atoms with Gasteiger partial charge < -0.3 is 5.11 Å². The molecule has 2 atom stereocenters. The molecule has 1 saturated heterocycles. The van der Waals surface area contributed by atoms with Crippen LogP contribution < -0.4 is 0 Å². The Morgan fingerprint density at radius 1 is 1.36 bits per heavy atom. The van der Waals surface area contributed by atoms with Crippen molar-refractivity contribution in [1.29, 1.82) is 0 Å². The third kappa shape index (κ3) is 2.76. The summed E-state index contributed by atoms with van der Waals surface area (Å²) in [6.07, 6.45) is 1.29. The Hall–Kier alpha value is -1.79. The van der Waals surface area contributed by atoms with Crippen molar-refractivity contribution in [2.24, 2.45) is 0 Å². The van der Waals surface area contributed by atoms with Gasteiger partial charge in [-0.3, -0.25) is 9.69 Å². The van der Waals surface area contributed by atoms with Gasteiger partial charge in [-0.1, -0.05) is 12.1 Å². The number of nitrogens with zero attached hydrogens (tertiary/aromatic N) is 1. The van der Waals surface area contributed by atoms with E-state index < -0.39 is 29.7 Å². The first-order chi connectivity index (χ1) is 10.6. The summed E-state index contributed by atoms with van der Waals surface area (Å²) >= 11 is 1.44. The second-order valence-corrected chi connectivity index (χ2v) is 6.30. The highest BCUT2D eigenvalue weighted by Gasteiger charge is 2.38. The zero-order valence-electron chi connectivity index (χ0n) is 11.7. The summed E-state index contributed by atoms with van der Waals surface area (Å²) < 4.78 is 27.5. The molecule has 0 aliphatic carbocycles. The quantitative estimate of drug-likeness (QED) is 0.933. The fraction of sp³-hybridized carbons (Fsp3) is 0.312. The highest BCUT2D eigenvalue weighted by molar-refractivity contribution is 7.10. The van der Waals surface area contributed by atoms with Crippen molar-refractivity contribution in [2.45, 2.75) is 24.9 Å². The van der Waals surface area contributed by atoms with E-state index in [0.29, 0.717) is 18.5 Å². The van der Waals surface area contributed by atoms with Crippen molar-refractivity contribution in [2.75, 3.05) is 6.54 Å². The van der Waals surface area contributed by atoms with Crippen LogP contribution in [0.15, 0.2) is 35.7 Å². The molecule has 2 unspecified atom stereocenters. The molecule has 0 saturated carbocycles. The monoisotopic (exact) mass is 323 g/mol. The number of carboxylic acids is 1. The van der Waals surface area contributed by atoms with Gasteiger partial charge in [0.1, 0.15) is 17.7 Å². The summed E-state index contributed by atoms with van der Waals surface area (Å²) in [6, 6.07) is 6.04. The zero-order valence-corrected chi connectivity index (χ0v) is 12.5. The second kappa shape index (κ2) is 6.14. The fourth-order valence-electron chi connectivity index (χ4n) is 3.03. The zero-order chi connectivity index (χ0) is 15.7. The summed E-state index contributed by atoms with van der Waals surface area (Å²) in [5, 5.41) is 11.3. The van der Waals surface area contributed by atoms with Gasteiger partial charge in [0.15, 0.2) is 0 Å². The minimum Gasteiger partial charge on any atom is -0.480 e. The lowest BCUT2D eigenvalue weighted by atomic mass is 10.0. The van der Waals surface area contributed by atoms with E-state index in [1.54, 1.807) is 4.90 Å². The van der Waals surface area contributed by atoms with Crippen molar-refractivity contribution >= 4 is 17.3 Å². The molecule has 0 spiro atoms. The van der Waals surface area contributed by atoms with Crippen LogP contribution in [0.25, 0.3) is 0 Å². The highest BCUT2D eigenvalue weighted by Crippen LogP contribution is 2.38. The standard InChI is InChI=1S/C16H15F2NO2S/c17-10-5-6-11(12(18)9-10)15(14-4-2-8-22-14)19-7-1-3-13(19)16(20)21/h2,4-6,8-9,13,15H,1,3,7H2,(H,20,21). The molecule has 1 aromatic carbocycles. The number of carbonyl (C=O) groups is 1. The Morgan fingerprint density at radius 2 is 2.18 bits per heavy atom. The van der Waals surface area contributed by atoms with E-state index >= 15 is 0 Å². The smallest absolute Gasteiger partial charge is 0.320 e. The van der Waals surface area contributed by atoms with E-state index in [4.69, 9.17) is 0 Å². The molecule has 1 aliphatic rings. The van der Waals surface area contributed by atoms with Gasteiger partial charge in [0, 0.05) is 23.1 Å². The number of benzene rings is 1. The van der Waals surface area contributed by atoms with E-state index in [-0.39, 0.29) is 0 Å². The maximum atomic E-state index is 14.3. The van der Waals surface area contributed by atoms with E-state index in [1.165, 1.54) is 23.5 Å². The number of thiophene rings is 1. The molecule has 2 heterocycles. The van der Waals surface area contributed by atoms with E-state index in [1.807, 2.05) is 17.5 Å². The van der Waals surface area contributed by atoms with Crippen LogP contribution in [-0.4, -0.2) is 28.6 Å². The fourth-order valence-corrected chi connectivity index (χ4v) is 3.89. The topological polar surface area (TPSA) is 40.5 Å². The maximum absolute atomic E-state index is 14.3. The minimum atomic E-state index is -0.901. The van der Waals surface area contributed by atoms with Crippen LogP contribution >= 0.6 is 11.3 Å². The lowest BCUT2D eigenvalue weighted by molar-refractivity contribution is -0.142. The third-order valence-corrected chi connectivity index (χ3v) is 4.91. The summed E-state index contributed by atoms with van der Waals surface area (Å²) in [4.78, 5) is 14.1. The Labute approximate surface area is 130 Å². The first-order valence-corrected chi connectivity index (χ1v) is 7.93. The van der Waals surface area contributed by atoms with E-state index in [0.717, 1.165) is 17.4 Å². The Bertz CT molecular complexity index is 675. The number of aliphatic carboxylic acids is 1.